The van der Waals surface area contributed by atoms with Crippen molar-refractivity contribution in [3.05, 3.63) is 116 Å². The van der Waals surface area contributed by atoms with Crippen LogP contribution in [0.1, 0.15) is 75.2 Å². The van der Waals surface area contributed by atoms with Gasteiger partial charge in [-0.25, -0.2) is 9.97 Å². The van der Waals surface area contributed by atoms with Crippen molar-refractivity contribution in [1.29, 1.82) is 0 Å². The standard InChI is InChI=1S/C31H30Br2N2O/c1-29(2,3)19-13-15-23-21(17-19)31(25-9-7-11-27(32)34-25,26-10-8-12-28(33)35-26)22-18-20(30(4,5)6)14-16-24(22)36-23/h7-18H,1-6H3. The van der Waals surface area contributed by atoms with Crippen LogP contribution in [0.2, 0.25) is 0 Å². The molecule has 2 aromatic carbocycles. The molecular formula is C31H30Br2N2O. The first-order valence-electron chi connectivity index (χ1n) is 12.1. The highest BCUT2D eigenvalue weighted by molar-refractivity contribution is 9.10. The molecular weight excluding hydrogens is 576 g/mol. The molecule has 0 fully saturated rings. The summed E-state index contributed by atoms with van der Waals surface area (Å²) in [4.78, 5) is 10.1. The van der Waals surface area contributed by atoms with Crippen LogP contribution in [0.15, 0.2) is 82.0 Å². The van der Waals surface area contributed by atoms with Gasteiger partial charge in [-0.15, -0.1) is 0 Å². The van der Waals surface area contributed by atoms with Gasteiger partial charge in [-0.2, -0.15) is 0 Å². The Kier molecular flexibility index (Phi) is 6.16. The van der Waals surface area contributed by atoms with Crippen molar-refractivity contribution in [3.63, 3.8) is 0 Å². The van der Waals surface area contributed by atoms with Gasteiger partial charge in [0, 0.05) is 11.1 Å². The molecule has 184 valence electrons. The quantitative estimate of drug-likeness (QED) is 0.188. The van der Waals surface area contributed by atoms with Crippen molar-refractivity contribution < 1.29 is 4.74 Å². The number of rotatable bonds is 2. The summed E-state index contributed by atoms with van der Waals surface area (Å²) >= 11 is 7.28. The fourth-order valence-electron chi connectivity index (χ4n) is 4.94. The predicted molar refractivity (Wildman–Crippen MR) is 153 cm³/mol. The first kappa shape index (κ1) is 25.2. The van der Waals surface area contributed by atoms with Crippen LogP contribution < -0.4 is 4.74 Å². The highest BCUT2D eigenvalue weighted by Crippen LogP contribution is 2.55. The third kappa shape index (κ3) is 4.20. The minimum atomic E-state index is -0.779. The molecule has 0 saturated carbocycles. The van der Waals surface area contributed by atoms with Crippen molar-refractivity contribution >= 4 is 31.9 Å². The molecule has 3 heterocycles. The van der Waals surface area contributed by atoms with Gasteiger partial charge in [0.05, 0.1) is 11.4 Å². The fourth-order valence-corrected chi connectivity index (χ4v) is 5.63. The Bertz CT molecular complexity index is 1350. The van der Waals surface area contributed by atoms with Crippen molar-refractivity contribution in [2.45, 2.75) is 57.8 Å². The fraction of sp³-hybridized carbons (Fsp3) is 0.290. The summed E-state index contributed by atoms with van der Waals surface area (Å²) in [5.41, 5.74) is 5.49. The van der Waals surface area contributed by atoms with E-state index in [1.807, 2.05) is 24.3 Å². The number of fused-ring (bicyclic) bond motifs is 2. The molecule has 1 aliphatic rings. The first-order chi connectivity index (χ1) is 16.9. The lowest BCUT2D eigenvalue weighted by Gasteiger charge is -2.41. The van der Waals surface area contributed by atoms with Crippen LogP contribution in [0.5, 0.6) is 11.5 Å². The number of hydrogen-bond donors (Lipinski definition) is 0. The summed E-state index contributed by atoms with van der Waals surface area (Å²) in [5.74, 6) is 1.64. The third-order valence-electron chi connectivity index (χ3n) is 6.92. The van der Waals surface area contributed by atoms with Crippen LogP contribution in [0.25, 0.3) is 0 Å². The second-order valence-electron chi connectivity index (χ2n) is 11.5. The molecule has 0 atom stereocenters. The molecule has 0 N–H and O–H groups in total. The lowest BCUT2D eigenvalue weighted by molar-refractivity contribution is 0.426. The summed E-state index contributed by atoms with van der Waals surface area (Å²) in [5, 5.41) is 0. The third-order valence-corrected chi connectivity index (χ3v) is 7.80. The number of halogens is 2. The largest absolute Gasteiger partial charge is 0.457 e. The number of hydrogen-bond acceptors (Lipinski definition) is 3. The van der Waals surface area contributed by atoms with E-state index in [1.54, 1.807) is 0 Å². The molecule has 0 amide bonds. The molecule has 2 aromatic heterocycles. The van der Waals surface area contributed by atoms with E-state index in [-0.39, 0.29) is 10.8 Å². The topological polar surface area (TPSA) is 35.0 Å². The summed E-state index contributed by atoms with van der Waals surface area (Å²) < 4.78 is 8.15. The second kappa shape index (κ2) is 8.81. The number of aromatic nitrogens is 2. The smallest absolute Gasteiger partial charge is 0.132 e. The second-order valence-corrected chi connectivity index (χ2v) is 13.1. The first-order valence-corrected chi connectivity index (χ1v) is 13.7. The van der Waals surface area contributed by atoms with E-state index in [2.05, 4.69) is 122 Å². The minimum Gasteiger partial charge on any atom is -0.457 e. The summed E-state index contributed by atoms with van der Waals surface area (Å²) in [6.07, 6.45) is 0. The van der Waals surface area contributed by atoms with E-state index >= 15 is 0 Å². The average Bonchev–Trinajstić information content (AvgIpc) is 2.80. The average molecular weight is 606 g/mol. The van der Waals surface area contributed by atoms with Crippen LogP contribution in [0.3, 0.4) is 0 Å². The van der Waals surface area contributed by atoms with Crippen LogP contribution in [-0.4, -0.2) is 9.97 Å². The number of ether oxygens (including phenoxy) is 1. The Morgan fingerprint density at radius 1 is 0.611 bits per heavy atom. The van der Waals surface area contributed by atoms with Gasteiger partial charge in [0.25, 0.3) is 0 Å². The molecule has 0 bridgehead atoms. The summed E-state index contributed by atoms with van der Waals surface area (Å²) in [6, 6.07) is 25.3. The van der Waals surface area contributed by atoms with Gasteiger partial charge in [-0.3, -0.25) is 0 Å². The van der Waals surface area contributed by atoms with Gasteiger partial charge < -0.3 is 4.74 Å². The van der Waals surface area contributed by atoms with Gasteiger partial charge in [0.2, 0.25) is 0 Å². The predicted octanol–water partition coefficient (Wildman–Crippen LogP) is 9.08. The molecule has 0 unspecified atom stereocenters. The molecule has 0 aliphatic carbocycles. The Hall–Kier alpha value is -2.50. The van der Waals surface area contributed by atoms with Gasteiger partial charge in [0.1, 0.15) is 26.1 Å². The van der Waals surface area contributed by atoms with E-state index in [9.17, 15) is 0 Å². The summed E-state index contributed by atoms with van der Waals surface area (Å²) in [7, 11) is 0. The van der Waals surface area contributed by atoms with Gasteiger partial charge in [-0.1, -0.05) is 65.8 Å². The highest BCUT2D eigenvalue weighted by atomic mass is 79.9. The molecule has 0 radical (unpaired) electrons. The van der Waals surface area contributed by atoms with Crippen LogP contribution in [0, 0.1) is 0 Å². The van der Waals surface area contributed by atoms with Crippen molar-refractivity contribution in [2.24, 2.45) is 0 Å². The SMILES string of the molecule is CC(C)(C)c1ccc2c(c1)C(c1cccc(Br)n1)(c1cccc(Br)n1)c1cc(C(C)(C)C)ccc1O2. The maximum Gasteiger partial charge on any atom is 0.132 e. The molecule has 3 nitrogen and oxygen atoms in total. The van der Waals surface area contributed by atoms with E-state index < -0.39 is 5.41 Å². The van der Waals surface area contributed by atoms with E-state index in [0.29, 0.717) is 0 Å². The highest BCUT2D eigenvalue weighted by Gasteiger charge is 2.48. The molecule has 36 heavy (non-hydrogen) atoms. The van der Waals surface area contributed by atoms with Crippen LogP contribution in [-0.2, 0) is 16.2 Å². The van der Waals surface area contributed by atoms with Gasteiger partial charge in [-0.05, 0) is 102 Å². The zero-order chi connectivity index (χ0) is 25.9. The molecule has 5 rings (SSSR count). The lowest BCUT2D eigenvalue weighted by atomic mass is 9.65. The van der Waals surface area contributed by atoms with Crippen LogP contribution >= 0.6 is 31.9 Å². The van der Waals surface area contributed by atoms with Crippen molar-refractivity contribution in [2.75, 3.05) is 0 Å². The van der Waals surface area contributed by atoms with E-state index in [1.165, 1.54) is 11.1 Å². The normalized spacial score (nSPS) is 14.6. The van der Waals surface area contributed by atoms with E-state index in [0.717, 1.165) is 43.2 Å². The maximum atomic E-state index is 6.59. The zero-order valence-electron chi connectivity index (χ0n) is 21.5. The van der Waals surface area contributed by atoms with Crippen molar-refractivity contribution in [3.8, 4) is 11.5 Å². The number of benzene rings is 2. The molecule has 4 aromatic rings. The lowest BCUT2D eigenvalue weighted by Crippen LogP contribution is -2.37. The van der Waals surface area contributed by atoms with Gasteiger partial charge in [0.15, 0.2) is 0 Å². The Balaban J connectivity index is 1.99. The monoisotopic (exact) mass is 604 g/mol. The van der Waals surface area contributed by atoms with Gasteiger partial charge >= 0.3 is 0 Å². The maximum absolute atomic E-state index is 6.59. The molecule has 0 saturated heterocycles. The van der Waals surface area contributed by atoms with E-state index in [4.69, 9.17) is 14.7 Å². The summed E-state index contributed by atoms with van der Waals surface area (Å²) in [6.45, 7) is 13.4. The molecule has 5 heteroatoms. The number of nitrogens with zero attached hydrogens (tertiary/aromatic N) is 2. The van der Waals surface area contributed by atoms with Crippen molar-refractivity contribution in [1.82, 2.24) is 9.97 Å². The Labute approximate surface area is 230 Å². The minimum absolute atomic E-state index is 0.0380. The Morgan fingerprint density at radius 2 is 1.03 bits per heavy atom. The van der Waals surface area contributed by atoms with Crippen LogP contribution in [0.4, 0.5) is 0 Å². The Morgan fingerprint density at radius 3 is 1.39 bits per heavy atom. The zero-order valence-corrected chi connectivity index (χ0v) is 24.7. The number of pyridine rings is 2. The molecule has 0 spiro atoms. The molecule has 1 aliphatic heterocycles.